The second-order valence-corrected chi connectivity index (χ2v) is 7.09. The summed E-state index contributed by atoms with van der Waals surface area (Å²) in [5.74, 6) is 2.67. The fraction of sp³-hybridized carbons (Fsp3) is 0.125. The second-order valence-electron chi connectivity index (χ2n) is 7.09. The van der Waals surface area contributed by atoms with Crippen LogP contribution in [0, 0.1) is 0 Å². The third kappa shape index (κ3) is 3.41. The van der Waals surface area contributed by atoms with E-state index in [1.54, 1.807) is 27.5 Å². The molecule has 0 spiro atoms. The summed E-state index contributed by atoms with van der Waals surface area (Å²) in [4.78, 5) is 4.59. The molecular formula is C24H20N4O4. The normalized spacial score (nSPS) is 11.0. The number of methoxy groups -OCH3 is 3. The molecule has 0 aliphatic carbocycles. The van der Waals surface area contributed by atoms with Gasteiger partial charge in [-0.15, -0.1) is 0 Å². The Morgan fingerprint density at radius 1 is 0.781 bits per heavy atom. The molecule has 0 atom stereocenters. The van der Waals surface area contributed by atoms with Gasteiger partial charge in [-0.3, -0.25) is 5.10 Å². The van der Waals surface area contributed by atoms with Crippen LogP contribution in [0.5, 0.6) is 17.2 Å². The van der Waals surface area contributed by atoms with Gasteiger partial charge in [-0.05, 0) is 47.5 Å². The van der Waals surface area contributed by atoms with Crippen molar-refractivity contribution in [2.24, 2.45) is 0 Å². The van der Waals surface area contributed by atoms with Crippen LogP contribution in [0.2, 0.25) is 0 Å². The summed E-state index contributed by atoms with van der Waals surface area (Å²) in [6.45, 7) is 0. The van der Waals surface area contributed by atoms with Crippen molar-refractivity contribution in [3.8, 4) is 51.2 Å². The molecule has 2 aromatic heterocycles. The smallest absolute Gasteiger partial charge is 0.258 e. The molecule has 5 aromatic rings. The lowest BCUT2D eigenvalue weighted by molar-refractivity contribution is 0.324. The first-order chi connectivity index (χ1) is 15.7. The van der Waals surface area contributed by atoms with Crippen LogP contribution in [-0.4, -0.2) is 41.7 Å². The number of ether oxygens (including phenoxy) is 3. The van der Waals surface area contributed by atoms with Crippen LogP contribution in [0.4, 0.5) is 0 Å². The predicted octanol–water partition coefficient (Wildman–Crippen LogP) is 4.97. The lowest BCUT2D eigenvalue weighted by atomic mass is 10.0. The number of nitrogens with zero attached hydrogens (tertiary/aromatic N) is 3. The van der Waals surface area contributed by atoms with Gasteiger partial charge in [0.05, 0.1) is 33.0 Å². The maximum absolute atomic E-state index is 5.53. The number of hydrogen-bond donors (Lipinski definition) is 1. The number of aromatic amines is 1. The topological polar surface area (TPSA) is 95.3 Å². The molecule has 0 saturated carbocycles. The fourth-order valence-corrected chi connectivity index (χ4v) is 3.62. The van der Waals surface area contributed by atoms with Gasteiger partial charge < -0.3 is 18.7 Å². The molecule has 8 nitrogen and oxygen atoms in total. The van der Waals surface area contributed by atoms with E-state index in [9.17, 15) is 0 Å². The highest BCUT2D eigenvalue weighted by atomic mass is 16.5. The van der Waals surface area contributed by atoms with Crippen LogP contribution < -0.4 is 14.2 Å². The number of nitrogens with one attached hydrogen (secondary N) is 1. The Hall–Kier alpha value is -4.33. The summed E-state index contributed by atoms with van der Waals surface area (Å²) in [5, 5.41) is 12.1. The number of fused-ring (bicyclic) bond motifs is 1. The van der Waals surface area contributed by atoms with E-state index in [2.05, 4.69) is 20.3 Å². The van der Waals surface area contributed by atoms with Crippen LogP contribution >= 0.6 is 0 Å². The molecular weight excluding hydrogens is 408 g/mol. The number of rotatable bonds is 6. The average molecular weight is 428 g/mol. The van der Waals surface area contributed by atoms with Gasteiger partial charge in [-0.25, -0.2) is 0 Å². The SMILES string of the molecule is COc1cc(-c2cccc(-c3noc(-c4ccc5[nH]ncc5c4)n3)c2)cc(OC)c1OC. The third-order valence-electron chi connectivity index (χ3n) is 5.23. The van der Waals surface area contributed by atoms with E-state index in [1.807, 2.05) is 54.6 Å². The Morgan fingerprint density at radius 2 is 1.56 bits per heavy atom. The first-order valence-corrected chi connectivity index (χ1v) is 9.88. The van der Waals surface area contributed by atoms with Crippen molar-refractivity contribution in [2.45, 2.75) is 0 Å². The van der Waals surface area contributed by atoms with E-state index in [4.69, 9.17) is 18.7 Å². The lowest BCUT2D eigenvalue weighted by Gasteiger charge is -2.14. The van der Waals surface area contributed by atoms with Gasteiger partial charge in [-0.1, -0.05) is 23.4 Å². The Morgan fingerprint density at radius 3 is 2.31 bits per heavy atom. The highest BCUT2D eigenvalue weighted by Gasteiger charge is 2.16. The largest absolute Gasteiger partial charge is 0.493 e. The van der Waals surface area contributed by atoms with E-state index < -0.39 is 0 Å². The Balaban J connectivity index is 1.51. The minimum Gasteiger partial charge on any atom is -0.493 e. The summed E-state index contributed by atoms with van der Waals surface area (Å²) in [7, 11) is 4.78. The van der Waals surface area contributed by atoms with Gasteiger partial charge in [0.15, 0.2) is 11.5 Å². The standard InChI is InChI=1S/C24H20N4O4/c1-29-20-11-17(12-21(30-2)22(20)31-3)14-5-4-6-15(9-14)23-26-24(32-28-23)16-7-8-19-18(10-16)13-25-27-19/h4-13H,1-3H3,(H,25,27). The number of aromatic nitrogens is 4. The van der Waals surface area contributed by atoms with E-state index in [1.165, 1.54) is 0 Å². The van der Waals surface area contributed by atoms with E-state index >= 15 is 0 Å². The molecule has 5 rings (SSSR count). The molecule has 8 heteroatoms. The van der Waals surface area contributed by atoms with Crippen molar-refractivity contribution in [3.63, 3.8) is 0 Å². The highest BCUT2D eigenvalue weighted by Crippen LogP contribution is 2.41. The molecule has 0 fully saturated rings. The number of benzene rings is 3. The summed E-state index contributed by atoms with van der Waals surface area (Å²) < 4.78 is 21.9. The van der Waals surface area contributed by atoms with Crippen molar-refractivity contribution in [1.29, 1.82) is 0 Å². The molecule has 0 radical (unpaired) electrons. The molecule has 2 heterocycles. The molecule has 32 heavy (non-hydrogen) atoms. The van der Waals surface area contributed by atoms with E-state index in [0.717, 1.165) is 33.2 Å². The van der Waals surface area contributed by atoms with Gasteiger partial charge in [0.25, 0.3) is 5.89 Å². The minimum atomic E-state index is 0.446. The number of H-pyrrole nitrogens is 1. The maximum Gasteiger partial charge on any atom is 0.258 e. The van der Waals surface area contributed by atoms with Gasteiger partial charge >= 0.3 is 0 Å². The summed E-state index contributed by atoms with van der Waals surface area (Å²) in [5.41, 5.74) is 4.48. The zero-order chi connectivity index (χ0) is 22.1. The average Bonchev–Trinajstić information content (AvgIpc) is 3.52. The van der Waals surface area contributed by atoms with Crippen LogP contribution in [-0.2, 0) is 0 Å². The molecule has 160 valence electrons. The Kier molecular flexibility index (Phi) is 4.95. The quantitative estimate of drug-likeness (QED) is 0.408. The van der Waals surface area contributed by atoms with Crippen molar-refractivity contribution in [2.75, 3.05) is 21.3 Å². The molecule has 0 aliphatic rings. The van der Waals surface area contributed by atoms with Crippen molar-refractivity contribution < 1.29 is 18.7 Å². The molecule has 3 aromatic carbocycles. The minimum absolute atomic E-state index is 0.446. The molecule has 0 amide bonds. The Bertz CT molecular complexity index is 1380. The zero-order valence-electron chi connectivity index (χ0n) is 17.7. The van der Waals surface area contributed by atoms with E-state index in [0.29, 0.717) is 29.0 Å². The van der Waals surface area contributed by atoms with Gasteiger partial charge in [-0.2, -0.15) is 10.1 Å². The first kappa shape index (κ1) is 19.6. The third-order valence-corrected chi connectivity index (χ3v) is 5.23. The van der Waals surface area contributed by atoms with Gasteiger partial charge in [0.1, 0.15) is 0 Å². The fourth-order valence-electron chi connectivity index (χ4n) is 3.62. The summed E-state index contributed by atoms with van der Waals surface area (Å²) in [6, 6.07) is 17.5. The summed E-state index contributed by atoms with van der Waals surface area (Å²) >= 11 is 0. The zero-order valence-corrected chi connectivity index (χ0v) is 17.7. The van der Waals surface area contributed by atoms with E-state index in [-0.39, 0.29) is 0 Å². The van der Waals surface area contributed by atoms with Gasteiger partial charge in [0.2, 0.25) is 11.6 Å². The van der Waals surface area contributed by atoms with Crippen LogP contribution in [0.3, 0.4) is 0 Å². The molecule has 0 saturated heterocycles. The maximum atomic E-state index is 5.53. The molecule has 0 unspecified atom stereocenters. The van der Waals surface area contributed by atoms with Crippen molar-refractivity contribution in [3.05, 3.63) is 60.8 Å². The first-order valence-electron chi connectivity index (χ1n) is 9.88. The molecule has 0 aliphatic heterocycles. The molecule has 1 N–H and O–H groups in total. The second kappa shape index (κ2) is 8.07. The van der Waals surface area contributed by atoms with Crippen molar-refractivity contribution in [1.82, 2.24) is 20.3 Å². The van der Waals surface area contributed by atoms with Gasteiger partial charge in [0, 0.05) is 16.5 Å². The highest BCUT2D eigenvalue weighted by molar-refractivity contribution is 5.82. The Labute approximate surface area is 183 Å². The predicted molar refractivity (Wildman–Crippen MR) is 120 cm³/mol. The molecule has 0 bridgehead atoms. The van der Waals surface area contributed by atoms with Crippen LogP contribution in [0.25, 0.3) is 44.9 Å². The van der Waals surface area contributed by atoms with Crippen LogP contribution in [0.1, 0.15) is 0 Å². The lowest BCUT2D eigenvalue weighted by Crippen LogP contribution is -1.95. The number of hydrogen-bond acceptors (Lipinski definition) is 7. The summed E-state index contributed by atoms with van der Waals surface area (Å²) in [6.07, 6.45) is 1.76. The monoisotopic (exact) mass is 428 g/mol. The van der Waals surface area contributed by atoms with Crippen LogP contribution in [0.15, 0.2) is 65.3 Å². The van der Waals surface area contributed by atoms with Crippen molar-refractivity contribution >= 4 is 10.9 Å².